The summed E-state index contributed by atoms with van der Waals surface area (Å²) in [6, 6.07) is 0. The molecule has 0 aromatic carbocycles. The Labute approximate surface area is 509 Å². The molecular formula is C74H121NO8. The first kappa shape index (κ1) is 78.2. The predicted octanol–water partition coefficient (Wildman–Crippen LogP) is 19.0. The van der Waals surface area contributed by atoms with Crippen LogP contribution in [0.25, 0.3) is 0 Å². The van der Waals surface area contributed by atoms with Crippen LogP contribution in [-0.4, -0.2) is 82.3 Å². The molecule has 0 aromatic heterocycles. The number of ether oxygens (including phenoxy) is 4. The van der Waals surface area contributed by atoms with Crippen LogP contribution in [0.4, 0.5) is 0 Å². The van der Waals surface area contributed by atoms with Gasteiger partial charge in [-0.05, 0) is 116 Å². The number of esters is 2. The van der Waals surface area contributed by atoms with Gasteiger partial charge in [-0.2, -0.15) is 0 Å². The minimum Gasteiger partial charge on any atom is -0.545 e. The van der Waals surface area contributed by atoms with Crippen molar-refractivity contribution >= 4 is 17.9 Å². The van der Waals surface area contributed by atoms with Gasteiger partial charge in [0.2, 0.25) is 0 Å². The molecule has 470 valence electrons. The van der Waals surface area contributed by atoms with Crippen LogP contribution in [0.5, 0.6) is 0 Å². The standard InChI is InChI=1S/C74H121NO8/c1-6-8-10-12-14-16-18-20-22-24-26-28-30-31-32-33-34-35-36-37-38-39-40-41-43-45-47-49-51-53-55-57-59-61-63-65-72(77)83-70(69-82-74(73(78)79)80-67-66-75(3,4)5)68-81-71(76)64-62-60-58-56-54-52-50-48-46-44-42-29-27-25-23-21-19-17-15-13-11-9-7-2/h8-11,14-17,20-23,26-29,31-32,34-35,37-38,44,46,70,74H,6-7,12-13,18-19,24-25,30,33,36,39-43,45,47-69H2,1-5H3/b10-8-,11-9-,16-14-,17-15-,22-20-,23-21-,28-26-,29-27-,32-31-,35-34-,38-37-,46-44-. The van der Waals surface area contributed by atoms with E-state index in [0.29, 0.717) is 17.4 Å². The number of carbonyl (C=O) groups is 3. The van der Waals surface area contributed by atoms with Crippen LogP contribution in [0.3, 0.4) is 0 Å². The summed E-state index contributed by atoms with van der Waals surface area (Å²) >= 11 is 0. The van der Waals surface area contributed by atoms with E-state index in [2.05, 4.69) is 160 Å². The summed E-state index contributed by atoms with van der Waals surface area (Å²) in [7, 11) is 5.91. The third kappa shape index (κ3) is 64.6. The largest absolute Gasteiger partial charge is 0.545 e. The van der Waals surface area contributed by atoms with Crippen molar-refractivity contribution < 1.29 is 42.9 Å². The third-order valence-electron chi connectivity index (χ3n) is 13.6. The first-order valence-corrected chi connectivity index (χ1v) is 33.0. The number of unbranched alkanes of at least 4 members (excludes halogenated alkanes) is 20. The fraction of sp³-hybridized carbons (Fsp3) is 0.635. The van der Waals surface area contributed by atoms with E-state index in [4.69, 9.17) is 18.9 Å². The zero-order chi connectivity index (χ0) is 60.5. The zero-order valence-electron chi connectivity index (χ0n) is 53.5. The minimum absolute atomic E-state index is 0.138. The smallest absolute Gasteiger partial charge is 0.306 e. The van der Waals surface area contributed by atoms with E-state index in [1.54, 1.807) is 0 Å². The van der Waals surface area contributed by atoms with Gasteiger partial charge in [-0.25, -0.2) is 0 Å². The first-order chi connectivity index (χ1) is 40.6. The van der Waals surface area contributed by atoms with Crippen molar-refractivity contribution in [3.8, 4) is 0 Å². The van der Waals surface area contributed by atoms with E-state index in [1.807, 2.05) is 21.1 Å². The van der Waals surface area contributed by atoms with Crippen molar-refractivity contribution in [2.24, 2.45) is 0 Å². The van der Waals surface area contributed by atoms with E-state index in [1.165, 1.54) is 83.5 Å². The molecule has 0 radical (unpaired) electrons. The van der Waals surface area contributed by atoms with Gasteiger partial charge >= 0.3 is 11.9 Å². The summed E-state index contributed by atoms with van der Waals surface area (Å²) in [5.74, 6) is -2.31. The lowest BCUT2D eigenvalue weighted by Gasteiger charge is -2.26. The van der Waals surface area contributed by atoms with Crippen molar-refractivity contribution in [3.63, 3.8) is 0 Å². The molecule has 0 bridgehead atoms. The Hall–Kier alpha value is -4.83. The number of nitrogens with zero attached hydrogens (tertiary/aromatic N) is 1. The number of rotatable bonds is 59. The molecule has 0 aromatic rings. The molecule has 2 unspecified atom stereocenters. The van der Waals surface area contributed by atoms with Crippen molar-refractivity contribution in [1.82, 2.24) is 0 Å². The van der Waals surface area contributed by atoms with Crippen molar-refractivity contribution in [3.05, 3.63) is 146 Å². The summed E-state index contributed by atoms with van der Waals surface area (Å²) < 4.78 is 22.7. The normalized spacial score (nSPS) is 13.7. The monoisotopic (exact) mass is 1150 g/mol. The Morgan fingerprint density at radius 2 is 0.651 bits per heavy atom. The van der Waals surface area contributed by atoms with Crippen molar-refractivity contribution in [2.75, 3.05) is 47.5 Å². The summed E-state index contributed by atoms with van der Waals surface area (Å²) in [5, 5.41) is 11.8. The molecule has 0 spiro atoms. The molecule has 0 fully saturated rings. The number of hydrogen-bond acceptors (Lipinski definition) is 8. The van der Waals surface area contributed by atoms with Gasteiger partial charge in [-0.15, -0.1) is 0 Å². The molecule has 0 aliphatic heterocycles. The third-order valence-corrected chi connectivity index (χ3v) is 13.6. The van der Waals surface area contributed by atoms with E-state index in [9.17, 15) is 19.5 Å². The van der Waals surface area contributed by atoms with E-state index in [0.717, 1.165) is 128 Å². The highest BCUT2D eigenvalue weighted by Gasteiger charge is 2.22. The average molecular weight is 1150 g/mol. The van der Waals surface area contributed by atoms with Crippen LogP contribution in [-0.2, 0) is 33.3 Å². The number of hydrogen-bond donors (Lipinski definition) is 0. The lowest BCUT2D eigenvalue weighted by atomic mass is 10.0. The first-order valence-electron chi connectivity index (χ1n) is 33.0. The number of carboxylic acid groups (broad SMARTS) is 1. The van der Waals surface area contributed by atoms with Gasteiger partial charge < -0.3 is 33.3 Å². The number of quaternary nitrogens is 1. The molecule has 0 heterocycles. The Kier molecular flexibility index (Phi) is 59.5. The van der Waals surface area contributed by atoms with E-state index >= 15 is 0 Å². The molecule has 9 nitrogen and oxygen atoms in total. The summed E-state index contributed by atoms with van der Waals surface area (Å²) in [6.07, 6.45) is 89.1. The van der Waals surface area contributed by atoms with Gasteiger partial charge in [-0.1, -0.05) is 262 Å². The van der Waals surface area contributed by atoms with Crippen molar-refractivity contribution in [1.29, 1.82) is 0 Å². The number of allylic oxidation sites excluding steroid dienone is 24. The molecule has 0 rings (SSSR count). The van der Waals surface area contributed by atoms with Gasteiger partial charge in [0.25, 0.3) is 0 Å². The maximum Gasteiger partial charge on any atom is 0.306 e. The molecule has 0 aliphatic rings. The van der Waals surface area contributed by atoms with Crippen LogP contribution in [0, 0.1) is 0 Å². The van der Waals surface area contributed by atoms with Gasteiger partial charge in [0.05, 0.1) is 40.3 Å². The SMILES string of the molecule is CC/C=C\C/C=C\C/C=C\C/C=C\C/C=C\C/C=C\C/C=C\CCCCCCCCCCCCCCCC(=O)OC(COC(=O)CCCCCCCCC/C=C\C/C=C\C/C=C\C/C=C\C/C=C\CC)COC(OCC[N+](C)(C)C)C(=O)[O-]. The van der Waals surface area contributed by atoms with Crippen LogP contribution >= 0.6 is 0 Å². The topological polar surface area (TPSA) is 111 Å². The number of likely N-dealkylation sites (N-methyl/N-ethyl adjacent to an activating group) is 1. The lowest BCUT2D eigenvalue weighted by Crippen LogP contribution is -2.44. The van der Waals surface area contributed by atoms with Gasteiger partial charge in [0.15, 0.2) is 12.4 Å². The van der Waals surface area contributed by atoms with Gasteiger partial charge in [-0.3, -0.25) is 9.59 Å². The summed E-state index contributed by atoms with van der Waals surface area (Å²) in [5.41, 5.74) is 0. The Balaban J connectivity index is 4.19. The second-order valence-corrected chi connectivity index (χ2v) is 22.6. The quantitative estimate of drug-likeness (QED) is 0.0195. The highest BCUT2D eigenvalue weighted by atomic mass is 16.7. The van der Waals surface area contributed by atoms with E-state index < -0.39 is 24.3 Å². The lowest BCUT2D eigenvalue weighted by molar-refractivity contribution is -0.870. The van der Waals surface area contributed by atoms with Gasteiger partial charge in [0, 0.05) is 12.8 Å². The predicted molar refractivity (Wildman–Crippen MR) is 352 cm³/mol. The second-order valence-electron chi connectivity index (χ2n) is 22.6. The van der Waals surface area contributed by atoms with E-state index in [-0.39, 0.29) is 38.6 Å². The average Bonchev–Trinajstić information content (AvgIpc) is 3.46. The molecule has 0 saturated heterocycles. The molecule has 0 saturated carbocycles. The van der Waals surface area contributed by atoms with Crippen LogP contribution in [0.15, 0.2) is 146 Å². The fourth-order valence-corrected chi connectivity index (χ4v) is 8.60. The number of carboxylic acids is 1. The maximum atomic E-state index is 12.9. The highest BCUT2D eigenvalue weighted by molar-refractivity contribution is 5.70. The molecule has 9 heteroatoms. The number of carbonyl (C=O) groups excluding carboxylic acids is 3. The van der Waals surface area contributed by atoms with Crippen LogP contribution in [0.1, 0.15) is 245 Å². The minimum atomic E-state index is -1.63. The molecule has 0 N–H and O–H groups in total. The Morgan fingerprint density at radius 3 is 0.964 bits per heavy atom. The molecule has 0 aliphatic carbocycles. The molecule has 0 amide bonds. The Morgan fingerprint density at radius 1 is 0.361 bits per heavy atom. The molecular weight excluding hydrogens is 1030 g/mol. The fourth-order valence-electron chi connectivity index (χ4n) is 8.60. The van der Waals surface area contributed by atoms with Gasteiger partial charge in [0.1, 0.15) is 13.2 Å². The van der Waals surface area contributed by atoms with Crippen LogP contribution in [0.2, 0.25) is 0 Å². The zero-order valence-corrected chi connectivity index (χ0v) is 53.5. The van der Waals surface area contributed by atoms with Crippen molar-refractivity contribution in [2.45, 2.75) is 257 Å². The summed E-state index contributed by atoms with van der Waals surface area (Å²) in [6.45, 7) is 4.50. The summed E-state index contributed by atoms with van der Waals surface area (Å²) in [4.78, 5) is 37.4. The Bertz CT molecular complexity index is 1870. The molecule has 83 heavy (non-hydrogen) atoms. The molecule has 2 atom stereocenters. The second kappa shape index (κ2) is 63.2. The maximum absolute atomic E-state index is 12.9. The number of aliphatic carboxylic acids is 1. The van der Waals surface area contributed by atoms with Crippen LogP contribution < -0.4 is 5.11 Å². The highest BCUT2D eigenvalue weighted by Crippen LogP contribution is 2.16.